The molecule has 142 valence electrons. The molecule has 4 heteroatoms. The van der Waals surface area contributed by atoms with Crippen molar-refractivity contribution in [2.24, 2.45) is 10.4 Å². The Morgan fingerprint density at radius 2 is 1.81 bits per heavy atom. The monoisotopic (exact) mass is 364 g/mol. The van der Waals surface area contributed by atoms with E-state index in [0.717, 1.165) is 28.3 Å². The van der Waals surface area contributed by atoms with Gasteiger partial charge in [0.15, 0.2) is 0 Å². The highest BCUT2D eigenvalue weighted by Crippen LogP contribution is 2.43. The lowest BCUT2D eigenvalue weighted by atomic mass is 9.82. The normalized spacial score (nSPS) is 21.1. The van der Waals surface area contributed by atoms with Gasteiger partial charge in [0.1, 0.15) is 6.07 Å². The Balaban J connectivity index is 2.21. The van der Waals surface area contributed by atoms with E-state index in [1.165, 1.54) is 0 Å². The lowest BCUT2D eigenvalue weighted by Crippen LogP contribution is -2.30. The van der Waals surface area contributed by atoms with Crippen molar-refractivity contribution in [3.63, 3.8) is 0 Å². The van der Waals surface area contributed by atoms with Crippen LogP contribution in [0.2, 0.25) is 0 Å². The van der Waals surface area contributed by atoms with Crippen molar-refractivity contribution in [2.75, 3.05) is 6.61 Å². The largest absolute Gasteiger partial charge is 0.427 e. The summed E-state index contributed by atoms with van der Waals surface area (Å²) in [6, 6.07) is 14.3. The van der Waals surface area contributed by atoms with Crippen molar-refractivity contribution in [3.05, 3.63) is 47.5 Å². The minimum absolute atomic E-state index is 0.130. The first-order valence-corrected chi connectivity index (χ1v) is 9.47. The molecule has 1 atom stereocenters. The Morgan fingerprint density at radius 1 is 1.11 bits per heavy atom. The lowest BCUT2D eigenvalue weighted by Gasteiger charge is -2.29. The van der Waals surface area contributed by atoms with Crippen LogP contribution < -0.4 is 0 Å². The maximum atomic E-state index is 10.0. The zero-order valence-corrected chi connectivity index (χ0v) is 17.1. The summed E-state index contributed by atoms with van der Waals surface area (Å²) in [5, 5.41) is 12.0. The van der Waals surface area contributed by atoms with Crippen LogP contribution in [-0.2, 0) is 15.3 Å². The molecule has 0 N–H and O–H groups in total. The van der Waals surface area contributed by atoms with Crippen molar-refractivity contribution in [1.82, 2.24) is 0 Å². The number of aliphatic imine (C=N–C) groups is 1. The van der Waals surface area contributed by atoms with E-state index in [0.29, 0.717) is 12.5 Å². The van der Waals surface area contributed by atoms with Crippen LogP contribution >= 0.6 is 0 Å². The van der Waals surface area contributed by atoms with E-state index in [4.69, 9.17) is 14.5 Å². The van der Waals surface area contributed by atoms with E-state index in [-0.39, 0.29) is 11.0 Å². The number of hydrogen-bond donors (Lipinski definition) is 0. The average molecular weight is 364 g/mol. The zero-order chi connectivity index (χ0) is 19.9. The second kappa shape index (κ2) is 6.65. The Hall–Kier alpha value is -2.38. The van der Waals surface area contributed by atoms with Gasteiger partial charge in [0.25, 0.3) is 0 Å². The summed E-state index contributed by atoms with van der Waals surface area (Å²) >= 11 is 0. The Morgan fingerprint density at radius 3 is 2.44 bits per heavy atom. The van der Waals surface area contributed by atoms with Crippen LogP contribution in [0.3, 0.4) is 0 Å². The number of hydrogen-bond acceptors (Lipinski definition) is 4. The predicted octanol–water partition coefficient (Wildman–Crippen LogP) is 5.54. The van der Waals surface area contributed by atoms with Gasteiger partial charge in [-0.15, -0.1) is 0 Å². The molecule has 0 amide bonds. The van der Waals surface area contributed by atoms with E-state index >= 15 is 0 Å². The third kappa shape index (κ3) is 3.70. The molecule has 0 bridgehead atoms. The fourth-order valence-corrected chi connectivity index (χ4v) is 4.16. The van der Waals surface area contributed by atoms with Crippen LogP contribution in [0.5, 0.6) is 0 Å². The summed E-state index contributed by atoms with van der Waals surface area (Å²) in [6.07, 6.45) is 0.893. The van der Waals surface area contributed by atoms with Crippen molar-refractivity contribution in [1.29, 1.82) is 5.26 Å². The Labute approximate surface area is 161 Å². The quantitative estimate of drug-likeness (QED) is 0.715. The maximum absolute atomic E-state index is 10.0. The van der Waals surface area contributed by atoms with Crippen LogP contribution in [0, 0.1) is 16.7 Å². The van der Waals surface area contributed by atoms with Crippen LogP contribution in [0.25, 0.3) is 10.8 Å². The predicted molar refractivity (Wildman–Crippen MR) is 109 cm³/mol. The van der Waals surface area contributed by atoms with Gasteiger partial charge in [0.2, 0.25) is 5.90 Å². The second-order valence-corrected chi connectivity index (χ2v) is 8.94. The van der Waals surface area contributed by atoms with Gasteiger partial charge in [-0.05, 0) is 49.4 Å². The van der Waals surface area contributed by atoms with Crippen molar-refractivity contribution < 1.29 is 9.47 Å². The summed E-state index contributed by atoms with van der Waals surface area (Å²) in [7, 11) is 0. The van der Waals surface area contributed by atoms with Gasteiger partial charge in [-0.2, -0.15) is 5.26 Å². The van der Waals surface area contributed by atoms with E-state index in [2.05, 4.69) is 40.7 Å². The first kappa shape index (κ1) is 19.4. The molecule has 2 aromatic carbocycles. The third-order valence-electron chi connectivity index (χ3n) is 4.59. The van der Waals surface area contributed by atoms with Crippen LogP contribution in [0.4, 0.5) is 0 Å². The molecular weight excluding hydrogens is 336 g/mol. The van der Waals surface area contributed by atoms with Crippen molar-refractivity contribution in [3.8, 4) is 6.07 Å². The molecule has 1 aliphatic heterocycles. The zero-order valence-electron chi connectivity index (χ0n) is 17.1. The van der Waals surface area contributed by atoms with Crippen molar-refractivity contribution in [2.45, 2.75) is 59.3 Å². The molecule has 0 saturated carbocycles. The van der Waals surface area contributed by atoms with E-state index in [9.17, 15) is 5.26 Å². The first-order valence-electron chi connectivity index (χ1n) is 9.47. The van der Waals surface area contributed by atoms with Crippen LogP contribution in [0.1, 0.15) is 59.1 Å². The summed E-state index contributed by atoms with van der Waals surface area (Å²) in [4.78, 5) is 4.93. The minimum Gasteiger partial charge on any atom is -0.427 e. The fourth-order valence-electron chi connectivity index (χ4n) is 4.16. The molecule has 1 unspecified atom stereocenters. The number of ether oxygens (including phenoxy) is 2. The van der Waals surface area contributed by atoms with Gasteiger partial charge in [0, 0.05) is 12.2 Å². The number of nitriles is 1. The van der Waals surface area contributed by atoms with Gasteiger partial charge in [0.05, 0.1) is 11.1 Å². The average Bonchev–Trinajstić information content (AvgIpc) is 2.87. The Bertz CT molecular complexity index is 932. The third-order valence-corrected chi connectivity index (χ3v) is 4.59. The van der Waals surface area contributed by atoms with Gasteiger partial charge < -0.3 is 9.47 Å². The van der Waals surface area contributed by atoms with Crippen LogP contribution in [-0.4, -0.2) is 18.0 Å². The Kier molecular flexibility index (Phi) is 4.78. The van der Waals surface area contributed by atoms with Crippen molar-refractivity contribution >= 4 is 16.7 Å². The molecule has 0 aliphatic carbocycles. The maximum Gasteiger partial charge on any atom is 0.330 e. The molecule has 1 heterocycles. The molecule has 1 aliphatic rings. The topological polar surface area (TPSA) is 54.6 Å². The fraction of sp³-hybridized carbons (Fsp3) is 0.478. The van der Waals surface area contributed by atoms with E-state index in [1.54, 1.807) is 0 Å². The minimum atomic E-state index is -1.46. The highest BCUT2D eigenvalue weighted by molar-refractivity contribution is 6.05. The molecule has 3 rings (SSSR count). The SMILES string of the molecule is CCOC1(C#N)OC(=NC(C)(C)CC(C)(C)C)c2ccc3ccccc3c21. The number of fused-ring (bicyclic) bond motifs is 3. The van der Waals surface area contributed by atoms with E-state index < -0.39 is 5.79 Å². The van der Waals surface area contributed by atoms with Gasteiger partial charge in [-0.1, -0.05) is 51.1 Å². The van der Waals surface area contributed by atoms with E-state index in [1.807, 2.05) is 43.3 Å². The molecule has 2 aromatic rings. The molecule has 0 fully saturated rings. The highest BCUT2D eigenvalue weighted by atomic mass is 16.7. The number of benzene rings is 2. The van der Waals surface area contributed by atoms with Gasteiger partial charge in [-0.25, -0.2) is 4.99 Å². The second-order valence-electron chi connectivity index (χ2n) is 8.94. The van der Waals surface area contributed by atoms with Gasteiger partial charge in [-0.3, -0.25) is 0 Å². The smallest absolute Gasteiger partial charge is 0.330 e. The molecule has 0 spiro atoms. The summed E-state index contributed by atoms with van der Waals surface area (Å²) in [5.74, 6) is -0.971. The standard InChI is InChI=1S/C23H28N2O2/c1-7-26-23(15-24)19-17-11-9-8-10-16(17)12-13-18(19)20(27-23)25-22(5,6)14-21(2,3)4/h8-13H,7,14H2,1-6H3. The summed E-state index contributed by atoms with van der Waals surface area (Å²) < 4.78 is 12.0. The molecule has 4 nitrogen and oxygen atoms in total. The summed E-state index contributed by atoms with van der Waals surface area (Å²) in [5.41, 5.74) is 1.40. The molecule has 27 heavy (non-hydrogen) atoms. The summed E-state index contributed by atoms with van der Waals surface area (Å²) in [6.45, 7) is 13.0. The number of nitrogens with zero attached hydrogens (tertiary/aromatic N) is 2. The number of rotatable bonds is 4. The van der Waals surface area contributed by atoms with Gasteiger partial charge >= 0.3 is 5.79 Å². The molecular formula is C23H28N2O2. The lowest BCUT2D eigenvalue weighted by molar-refractivity contribution is -0.144. The molecule has 0 radical (unpaired) electrons. The molecule has 0 aromatic heterocycles. The molecule has 0 saturated heterocycles. The highest BCUT2D eigenvalue weighted by Gasteiger charge is 2.48. The van der Waals surface area contributed by atoms with Crippen LogP contribution in [0.15, 0.2) is 41.4 Å². The first-order chi connectivity index (χ1) is 12.6.